The van der Waals surface area contributed by atoms with Gasteiger partial charge in [0.15, 0.2) is 5.84 Å². The van der Waals surface area contributed by atoms with Crippen LogP contribution in [0, 0.1) is 12.3 Å². The van der Waals surface area contributed by atoms with E-state index in [4.69, 9.17) is 20.9 Å². The second-order valence-electron chi connectivity index (χ2n) is 11.1. The van der Waals surface area contributed by atoms with Gasteiger partial charge in [-0.05, 0) is 80.9 Å². The van der Waals surface area contributed by atoms with Gasteiger partial charge in [0.2, 0.25) is 11.7 Å². The van der Waals surface area contributed by atoms with Crippen LogP contribution in [0.1, 0.15) is 129 Å². The molecular formula is C29H42N5O4. The number of nitrogens with two attached hydrogens (primary N) is 1. The highest BCUT2D eigenvalue weighted by Crippen LogP contribution is 2.44. The number of likely N-dealkylation sites (tertiary alicyclic amines) is 1. The van der Waals surface area contributed by atoms with Crippen LogP contribution in [0.4, 0.5) is 4.79 Å². The lowest BCUT2D eigenvalue weighted by molar-refractivity contribution is -0.132. The molecule has 9 nitrogen and oxygen atoms in total. The summed E-state index contributed by atoms with van der Waals surface area (Å²) in [7, 11) is 1.25. The number of nitrogens with zero attached hydrogens (tertiary/aromatic N) is 2. The average Bonchev–Trinajstić information content (AvgIpc) is 3.42. The summed E-state index contributed by atoms with van der Waals surface area (Å²) in [5, 5.41) is 11.3. The first-order chi connectivity index (χ1) is 18.2. The van der Waals surface area contributed by atoms with E-state index in [0.29, 0.717) is 30.6 Å². The number of hydrogen-bond donors (Lipinski definition) is 3. The molecule has 2 heterocycles. The summed E-state index contributed by atoms with van der Waals surface area (Å²) in [4.78, 5) is 45.3. The first-order valence-corrected chi connectivity index (χ1v) is 14.2. The van der Waals surface area contributed by atoms with Gasteiger partial charge in [-0.25, -0.2) is 9.78 Å². The van der Waals surface area contributed by atoms with Gasteiger partial charge < -0.3 is 15.4 Å². The quantitative estimate of drug-likeness (QED) is 0.283. The molecular weight excluding hydrogens is 482 g/mol. The molecule has 0 unspecified atom stereocenters. The minimum absolute atomic E-state index is 0.168. The van der Waals surface area contributed by atoms with Crippen LogP contribution < -0.4 is 11.1 Å². The van der Waals surface area contributed by atoms with Crippen molar-refractivity contribution in [1.29, 1.82) is 5.41 Å². The predicted molar refractivity (Wildman–Crippen MR) is 145 cm³/mol. The van der Waals surface area contributed by atoms with Crippen molar-refractivity contribution < 1.29 is 19.1 Å². The molecule has 38 heavy (non-hydrogen) atoms. The molecule has 1 saturated heterocycles. The Morgan fingerprint density at radius 2 is 1.55 bits per heavy atom. The molecule has 0 aromatic carbocycles. The summed E-state index contributed by atoms with van der Waals surface area (Å²) >= 11 is 0. The molecule has 9 heteroatoms. The van der Waals surface area contributed by atoms with Crippen molar-refractivity contribution in [2.75, 3.05) is 13.7 Å². The normalized spacial score (nSPS) is 21.7. The van der Waals surface area contributed by atoms with Crippen molar-refractivity contribution in [3.63, 3.8) is 0 Å². The van der Waals surface area contributed by atoms with Gasteiger partial charge in [0.1, 0.15) is 11.4 Å². The number of carbonyl (C=O) groups excluding carboxylic acids is 3. The number of rotatable bonds is 6. The summed E-state index contributed by atoms with van der Waals surface area (Å²) in [6, 6.07) is -1.35. The van der Waals surface area contributed by atoms with Gasteiger partial charge in [0.05, 0.1) is 19.2 Å². The van der Waals surface area contributed by atoms with E-state index in [2.05, 4.69) is 12.2 Å². The minimum atomic E-state index is -0.748. The Labute approximate surface area is 225 Å². The Morgan fingerprint density at radius 1 is 0.974 bits per heavy atom. The molecule has 0 bridgehead atoms. The van der Waals surface area contributed by atoms with Gasteiger partial charge in [-0.2, -0.15) is 0 Å². The first-order valence-electron chi connectivity index (χ1n) is 14.2. The van der Waals surface area contributed by atoms with E-state index in [1.807, 2.05) is 0 Å². The molecule has 207 valence electrons. The molecule has 2 saturated carbocycles. The van der Waals surface area contributed by atoms with Crippen molar-refractivity contribution >= 4 is 23.6 Å². The van der Waals surface area contributed by atoms with Crippen molar-refractivity contribution in [3.05, 3.63) is 35.0 Å². The molecule has 2 amide bonds. The van der Waals surface area contributed by atoms with Crippen LogP contribution in [-0.4, -0.2) is 59.2 Å². The Bertz CT molecular complexity index is 1070. The maximum absolute atomic E-state index is 14.1. The highest BCUT2D eigenvalue weighted by Gasteiger charge is 2.39. The van der Waals surface area contributed by atoms with E-state index in [1.54, 1.807) is 11.8 Å². The third-order valence-electron chi connectivity index (χ3n) is 8.52. The van der Waals surface area contributed by atoms with Crippen LogP contribution in [0.5, 0.6) is 0 Å². The third-order valence-corrected chi connectivity index (χ3v) is 8.52. The number of methoxy groups -OCH3 is 1. The fourth-order valence-corrected chi connectivity index (χ4v) is 6.65. The number of Topliss-reactive ketones (excluding diaryl/α,β-unsaturated/α-hetero) is 1. The summed E-state index contributed by atoms with van der Waals surface area (Å²) in [6.07, 6.45) is 11.2. The molecule has 1 radical (unpaired) electrons. The van der Waals surface area contributed by atoms with Gasteiger partial charge in [-0.3, -0.25) is 20.3 Å². The summed E-state index contributed by atoms with van der Waals surface area (Å²) in [6.45, 7) is 6.54. The number of nitrogens with one attached hydrogen (secondary N) is 2. The maximum Gasteiger partial charge on any atom is 0.412 e. The molecule has 2 atom stereocenters. The SMILES string of the molecule is [CH2]c1c(C(=O)[C@@H]2CCCN2C(=O)[C@H](C)N)nc(C(=N)NC(=O)OC)c(C2CCCCC2)c1C1CCCCC1. The van der Waals surface area contributed by atoms with Crippen molar-refractivity contribution in [3.8, 4) is 0 Å². The number of carbonyl (C=O) groups is 3. The van der Waals surface area contributed by atoms with Crippen LogP contribution in [0.2, 0.25) is 0 Å². The topological polar surface area (TPSA) is 138 Å². The van der Waals surface area contributed by atoms with Crippen LogP contribution >= 0.6 is 0 Å². The van der Waals surface area contributed by atoms with Crippen molar-refractivity contribution in [1.82, 2.24) is 15.2 Å². The number of amides is 2. The summed E-state index contributed by atoms with van der Waals surface area (Å²) in [5.74, 6) is -0.273. The fraction of sp³-hybridized carbons (Fsp3) is 0.655. The van der Waals surface area contributed by atoms with Crippen LogP contribution in [0.15, 0.2) is 0 Å². The van der Waals surface area contributed by atoms with Gasteiger partial charge in [0.25, 0.3) is 0 Å². The molecule has 1 aromatic heterocycles. The number of pyridine rings is 1. The molecule has 1 aromatic rings. The summed E-state index contributed by atoms with van der Waals surface area (Å²) < 4.78 is 4.77. The molecule has 3 fully saturated rings. The number of ether oxygens (including phenoxy) is 1. The van der Waals surface area contributed by atoms with Crippen LogP contribution in [-0.2, 0) is 9.53 Å². The number of aromatic nitrogens is 1. The largest absolute Gasteiger partial charge is 0.453 e. The second-order valence-corrected chi connectivity index (χ2v) is 11.1. The third kappa shape index (κ3) is 5.77. The molecule has 4 N–H and O–H groups in total. The Hall–Kier alpha value is -2.81. The maximum atomic E-state index is 14.1. The van der Waals surface area contributed by atoms with Crippen molar-refractivity contribution in [2.45, 2.75) is 108 Å². The lowest BCUT2D eigenvalue weighted by atomic mass is 9.73. The number of alkyl carbamates (subject to hydrolysis) is 1. The number of hydrogen-bond acceptors (Lipinski definition) is 7. The zero-order valence-corrected chi connectivity index (χ0v) is 22.8. The molecule has 4 rings (SSSR count). The predicted octanol–water partition coefficient (Wildman–Crippen LogP) is 4.56. The van der Waals surface area contributed by atoms with E-state index in [1.165, 1.54) is 20.0 Å². The minimum Gasteiger partial charge on any atom is -0.453 e. The van der Waals surface area contributed by atoms with Gasteiger partial charge in [-0.15, -0.1) is 0 Å². The highest BCUT2D eigenvalue weighted by molar-refractivity contribution is 6.07. The van der Waals surface area contributed by atoms with Gasteiger partial charge in [0, 0.05) is 6.54 Å². The van der Waals surface area contributed by atoms with Crippen LogP contribution in [0.25, 0.3) is 0 Å². The molecule has 2 aliphatic carbocycles. The zero-order valence-electron chi connectivity index (χ0n) is 22.8. The van der Waals surface area contributed by atoms with E-state index in [-0.39, 0.29) is 35.1 Å². The van der Waals surface area contributed by atoms with E-state index < -0.39 is 18.2 Å². The Morgan fingerprint density at radius 3 is 2.11 bits per heavy atom. The Kier molecular flexibility index (Phi) is 9.18. The smallest absolute Gasteiger partial charge is 0.412 e. The molecule has 0 spiro atoms. The second kappa shape index (κ2) is 12.4. The lowest BCUT2D eigenvalue weighted by Crippen LogP contribution is -2.47. The van der Waals surface area contributed by atoms with E-state index >= 15 is 0 Å². The zero-order chi connectivity index (χ0) is 27.4. The van der Waals surface area contributed by atoms with Crippen LogP contribution in [0.3, 0.4) is 0 Å². The Balaban J connectivity index is 1.87. The monoisotopic (exact) mass is 524 g/mol. The number of amidine groups is 1. The first kappa shape index (κ1) is 28.2. The standard InChI is InChI=1S/C29H42N5O4/c1-17-22(19-11-6-4-7-12-19)23(20-13-8-5-9-14-20)25(27(31)33-29(37)38-3)32-24(17)26(35)21-15-10-16-34(21)28(36)18(2)30/h18-21H,1,4-16,30H2,2-3H3,(H2,31,33,37)/t18-,21-/m0/s1. The highest BCUT2D eigenvalue weighted by atomic mass is 16.5. The van der Waals surface area contributed by atoms with E-state index in [0.717, 1.165) is 62.5 Å². The summed E-state index contributed by atoms with van der Waals surface area (Å²) in [5.41, 5.74) is 9.04. The van der Waals surface area contributed by atoms with Gasteiger partial charge in [-0.1, -0.05) is 38.5 Å². The van der Waals surface area contributed by atoms with Gasteiger partial charge >= 0.3 is 6.09 Å². The van der Waals surface area contributed by atoms with E-state index in [9.17, 15) is 14.4 Å². The van der Waals surface area contributed by atoms with Crippen molar-refractivity contribution in [2.24, 2.45) is 5.73 Å². The lowest BCUT2D eigenvalue weighted by Gasteiger charge is -2.33. The fourth-order valence-electron chi connectivity index (χ4n) is 6.65. The molecule has 3 aliphatic rings. The molecule has 1 aliphatic heterocycles. The average molecular weight is 525 g/mol. The number of ketones is 1.